The molecule has 1 aliphatic rings. The topological polar surface area (TPSA) is 102 Å². The van der Waals surface area contributed by atoms with Crippen LogP contribution in [-0.4, -0.2) is 66.3 Å². The molecule has 0 aliphatic carbocycles. The zero-order valence-electron chi connectivity index (χ0n) is 13.5. The van der Waals surface area contributed by atoms with Crippen molar-refractivity contribution in [3.05, 3.63) is 24.3 Å². The second-order valence-corrected chi connectivity index (χ2v) is 8.99. The largest absolute Gasteiger partial charge is 0.494 e. The Balaban J connectivity index is 1.92. The van der Waals surface area contributed by atoms with Crippen LogP contribution in [0.15, 0.2) is 29.2 Å². The highest BCUT2D eigenvalue weighted by molar-refractivity contribution is 7.90. The molecule has 1 saturated heterocycles. The van der Waals surface area contributed by atoms with Crippen LogP contribution in [0.2, 0.25) is 0 Å². The van der Waals surface area contributed by atoms with Gasteiger partial charge in [0, 0.05) is 19.6 Å². The van der Waals surface area contributed by atoms with Crippen LogP contribution in [0.4, 0.5) is 0 Å². The zero-order chi connectivity index (χ0) is 17.6. The van der Waals surface area contributed by atoms with Crippen LogP contribution < -0.4 is 9.46 Å². The van der Waals surface area contributed by atoms with E-state index in [0.717, 1.165) is 0 Å². The number of benzene rings is 1. The summed E-state index contributed by atoms with van der Waals surface area (Å²) in [6.07, 6.45) is 0. The molecular formula is C14H22N2O6S2. The lowest BCUT2D eigenvalue weighted by Gasteiger charge is -2.26. The Morgan fingerprint density at radius 3 is 2.33 bits per heavy atom. The van der Waals surface area contributed by atoms with Gasteiger partial charge in [-0.15, -0.1) is 0 Å². The fourth-order valence-corrected chi connectivity index (χ4v) is 4.71. The van der Waals surface area contributed by atoms with Gasteiger partial charge < -0.3 is 9.47 Å². The van der Waals surface area contributed by atoms with Crippen molar-refractivity contribution in [2.24, 2.45) is 0 Å². The van der Waals surface area contributed by atoms with Crippen LogP contribution in [0.5, 0.6) is 5.75 Å². The molecule has 0 radical (unpaired) electrons. The first-order valence-electron chi connectivity index (χ1n) is 7.63. The molecule has 1 fully saturated rings. The Kier molecular flexibility index (Phi) is 6.58. The fraction of sp³-hybridized carbons (Fsp3) is 0.571. The second-order valence-electron chi connectivity index (χ2n) is 5.13. The standard InChI is InChI=1S/C14H22N2O6S2/c1-2-22-13-3-5-14(6-4-13)24(19,20)15-7-12-23(17,18)16-8-10-21-11-9-16/h3-6,15H,2,7-12H2,1H3. The molecular weight excluding hydrogens is 356 g/mol. The molecule has 0 aromatic heterocycles. The van der Waals surface area contributed by atoms with Gasteiger partial charge in [0.1, 0.15) is 5.75 Å². The summed E-state index contributed by atoms with van der Waals surface area (Å²) in [5, 5.41) is 0. The van der Waals surface area contributed by atoms with Crippen molar-refractivity contribution < 1.29 is 26.3 Å². The van der Waals surface area contributed by atoms with Gasteiger partial charge in [0.05, 0.1) is 30.5 Å². The number of hydrogen-bond acceptors (Lipinski definition) is 6. The molecule has 1 heterocycles. The van der Waals surface area contributed by atoms with Gasteiger partial charge in [-0.25, -0.2) is 21.6 Å². The van der Waals surface area contributed by atoms with E-state index in [9.17, 15) is 16.8 Å². The number of ether oxygens (including phenoxy) is 2. The van der Waals surface area contributed by atoms with Gasteiger partial charge in [0.25, 0.3) is 0 Å². The highest BCUT2D eigenvalue weighted by Gasteiger charge is 2.24. The van der Waals surface area contributed by atoms with E-state index < -0.39 is 20.0 Å². The molecule has 1 N–H and O–H groups in total. The summed E-state index contributed by atoms with van der Waals surface area (Å²) in [6.45, 7) is 3.45. The third-order valence-electron chi connectivity index (χ3n) is 3.46. The lowest BCUT2D eigenvalue weighted by molar-refractivity contribution is 0.0730. The molecule has 1 aromatic rings. The number of nitrogens with zero attached hydrogens (tertiary/aromatic N) is 1. The van der Waals surface area contributed by atoms with Crippen molar-refractivity contribution >= 4 is 20.0 Å². The lowest BCUT2D eigenvalue weighted by Crippen LogP contribution is -2.43. The van der Waals surface area contributed by atoms with E-state index in [1.54, 1.807) is 12.1 Å². The Morgan fingerprint density at radius 1 is 1.12 bits per heavy atom. The first-order chi connectivity index (χ1) is 11.3. The predicted molar refractivity (Wildman–Crippen MR) is 89.0 cm³/mol. The second kappa shape index (κ2) is 8.26. The van der Waals surface area contributed by atoms with Gasteiger partial charge in [-0.2, -0.15) is 4.31 Å². The number of sulfonamides is 2. The fourth-order valence-electron chi connectivity index (χ4n) is 2.22. The molecule has 2 rings (SSSR count). The Morgan fingerprint density at radius 2 is 1.75 bits per heavy atom. The summed E-state index contributed by atoms with van der Waals surface area (Å²) in [5.74, 6) is 0.287. The summed E-state index contributed by atoms with van der Waals surface area (Å²) in [7, 11) is -7.25. The van der Waals surface area contributed by atoms with E-state index in [0.29, 0.717) is 38.7 Å². The SMILES string of the molecule is CCOc1ccc(S(=O)(=O)NCCS(=O)(=O)N2CCOCC2)cc1. The van der Waals surface area contributed by atoms with Crippen molar-refractivity contribution in [2.45, 2.75) is 11.8 Å². The van der Waals surface area contributed by atoms with Crippen molar-refractivity contribution in [1.29, 1.82) is 0 Å². The molecule has 24 heavy (non-hydrogen) atoms. The van der Waals surface area contributed by atoms with Crippen LogP contribution in [-0.2, 0) is 24.8 Å². The van der Waals surface area contributed by atoms with Gasteiger partial charge in [-0.3, -0.25) is 0 Å². The summed E-state index contributed by atoms with van der Waals surface area (Å²) in [6, 6.07) is 5.96. The van der Waals surface area contributed by atoms with E-state index in [1.165, 1.54) is 16.4 Å². The Labute approximate surface area is 142 Å². The normalized spacial score (nSPS) is 16.9. The highest BCUT2D eigenvalue weighted by Crippen LogP contribution is 2.15. The monoisotopic (exact) mass is 378 g/mol. The first kappa shape index (κ1) is 19.1. The van der Waals surface area contributed by atoms with Crippen molar-refractivity contribution in [3.63, 3.8) is 0 Å². The summed E-state index contributed by atoms with van der Waals surface area (Å²) in [5.41, 5.74) is 0. The molecule has 0 atom stereocenters. The minimum Gasteiger partial charge on any atom is -0.494 e. The van der Waals surface area contributed by atoms with Crippen LogP contribution in [0.1, 0.15) is 6.92 Å². The lowest BCUT2D eigenvalue weighted by atomic mass is 10.3. The van der Waals surface area contributed by atoms with Gasteiger partial charge in [0.15, 0.2) is 0 Å². The third-order valence-corrected chi connectivity index (χ3v) is 6.81. The maximum absolute atomic E-state index is 12.2. The quantitative estimate of drug-likeness (QED) is 0.685. The van der Waals surface area contributed by atoms with Gasteiger partial charge in [-0.1, -0.05) is 0 Å². The smallest absolute Gasteiger partial charge is 0.240 e. The number of hydrogen-bond donors (Lipinski definition) is 1. The van der Waals surface area contributed by atoms with E-state index in [-0.39, 0.29) is 17.2 Å². The molecule has 0 saturated carbocycles. The minimum atomic E-state index is -3.76. The third kappa shape index (κ3) is 5.15. The van der Waals surface area contributed by atoms with E-state index in [2.05, 4.69) is 4.72 Å². The number of morpholine rings is 1. The summed E-state index contributed by atoms with van der Waals surface area (Å²) < 4.78 is 62.7. The molecule has 8 nitrogen and oxygen atoms in total. The van der Waals surface area contributed by atoms with E-state index >= 15 is 0 Å². The molecule has 136 valence electrons. The van der Waals surface area contributed by atoms with Crippen LogP contribution >= 0.6 is 0 Å². The molecule has 10 heteroatoms. The van der Waals surface area contributed by atoms with E-state index in [1.807, 2.05) is 6.92 Å². The van der Waals surface area contributed by atoms with E-state index in [4.69, 9.17) is 9.47 Å². The maximum Gasteiger partial charge on any atom is 0.240 e. The van der Waals surface area contributed by atoms with Crippen LogP contribution in [0, 0.1) is 0 Å². The van der Waals surface area contributed by atoms with Crippen molar-refractivity contribution in [2.75, 3.05) is 45.2 Å². The predicted octanol–water partition coefficient (Wildman–Crippen LogP) is 0.0256. The van der Waals surface area contributed by atoms with Crippen LogP contribution in [0.25, 0.3) is 0 Å². The molecule has 1 aliphatic heterocycles. The Bertz CT molecular complexity index is 725. The van der Waals surface area contributed by atoms with Gasteiger partial charge >= 0.3 is 0 Å². The molecule has 0 spiro atoms. The summed E-state index contributed by atoms with van der Waals surface area (Å²) >= 11 is 0. The number of nitrogens with one attached hydrogen (secondary N) is 1. The number of rotatable bonds is 8. The molecule has 1 aromatic carbocycles. The van der Waals surface area contributed by atoms with Gasteiger partial charge in [-0.05, 0) is 31.2 Å². The maximum atomic E-state index is 12.2. The van der Waals surface area contributed by atoms with Crippen LogP contribution in [0.3, 0.4) is 0 Å². The molecule has 0 bridgehead atoms. The zero-order valence-corrected chi connectivity index (χ0v) is 15.1. The summed E-state index contributed by atoms with van der Waals surface area (Å²) in [4.78, 5) is 0.0646. The van der Waals surface area contributed by atoms with Gasteiger partial charge in [0.2, 0.25) is 20.0 Å². The minimum absolute atomic E-state index is 0.0646. The van der Waals surface area contributed by atoms with Crippen molar-refractivity contribution in [1.82, 2.24) is 9.03 Å². The van der Waals surface area contributed by atoms with Crippen molar-refractivity contribution in [3.8, 4) is 5.75 Å². The molecule has 0 unspecified atom stereocenters. The molecule has 0 amide bonds. The Hall–Kier alpha value is -1.20. The first-order valence-corrected chi connectivity index (χ1v) is 10.7. The average molecular weight is 378 g/mol. The average Bonchev–Trinajstić information content (AvgIpc) is 2.56. The highest BCUT2D eigenvalue weighted by atomic mass is 32.2.